The van der Waals surface area contributed by atoms with E-state index < -0.39 is 23.2 Å². The molecule has 4 heterocycles. The van der Waals surface area contributed by atoms with Crippen molar-refractivity contribution in [1.29, 1.82) is 0 Å². The molecular formula is C25H33F3N4O4. The molecule has 1 aliphatic carbocycles. The van der Waals surface area contributed by atoms with Crippen molar-refractivity contribution in [2.45, 2.75) is 50.9 Å². The second-order valence-corrected chi connectivity index (χ2v) is 10.8. The Bertz CT molecular complexity index is 1020. The Morgan fingerprint density at radius 1 is 1.33 bits per heavy atom. The Kier molecular flexibility index (Phi) is 6.65. The van der Waals surface area contributed by atoms with E-state index in [0.29, 0.717) is 62.2 Å². The second kappa shape index (κ2) is 9.48. The molecule has 2 unspecified atom stereocenters. The van der Waals surface area contributed by atoms with E-state index >= 15 is 0 Å². The first-order valence-corrected chi connectivity index (χ1v) is 12.6. The predicted octanol–water partition coefficient (Wildman–Crippen LogP) is 2.83. The maximum Gasteiger partial charge on any atom is 0.417 e. The number of carbonyl (C=O) groups excluding carboxylic acids is 2. The average Bonchev–Trinajstić information content (AvgIpc) is 3.38. The lowest BCUT2D eigenvalue weighted by Crippen LogP contribution is -2.49. The molecule has 0 radical (unpaired) electrons. The van der Waals surface area contributed by atoms with E-state index in [1.165, 1.54) is 0 Å². The van der Waals surface area contributed by atoms with E-state index in [1.54, 1.807) is 16.9 Å². The van der Waals surface area contributed by atoms with Crippen molar-refractivity contribution in [1.82, 2.24) is 14.8 Å². The van der Waals surface area contributed by atoms with Gasteiger partial charge in [-0.25, -0.2) is 4.79 Å². The molecule has 8 nitrogen and oxygen atoms in total. The molecule has 36 heavy (non-hydrogen) atoms. The van der Waals surface area contributed by atoms with Gasteiger partial charge in [0, 0.05) is 58.2 Å². The van der Waals surface area contributed by atoms with Gasteiger partial charge in [0.1, 0.15) is 0 Å². The van der Waals surface area contributed by atoms with Gasteiger partial charge in [-0.3, -0.25) is 9.78 Å². The third-order valence-electron chi connectivity index (χ3n) is 8.74. The Hall–Kier alpha value is -2.40. The number of primary amides is 1. The minimum atomic E-state index is -4.49. The highest BCUT2D eigenvalue weighted by molar-refractivity contribution is 5.86. The van der Waals surface area contributed by atoms with Gasteiger partial charge in [0.2, 0.25) is 5.91 Å². The van der Waals surface area contributed by atoms with Crippen LogP contribution >= 0.6 is 0 Å². The number of carbonyl (C=O) groups is 2. The van der Waals surface area contributed by atoms with Crippen molar-refractivity contribution in [2.24, 2.45) is 28.9 Å². The molecular weight excluding hydrogens is 477 g/mol. The summed E-state index contributed by atoms with van der Waals surface area (Å²) in [4.78, 5) is 33.3. The molecule has 3 fully saturated rings. The van der Waals surface area contributed by atoms with Gasteiger partial charge < -0.3 is 25.0 Å². The van der Waals surface area contributed by atoms with Crippen molar-refractivity contribution < 1.29 is 32.2 Å². The molecule has 5 rings (SSSR count). The van der Waals surface area contributed by atoms with Crippen LogP contribution in [-0.2, 0) is 33.4 Å². The molecule has 1 aromatic rings. The number of alkyl halides is 3. The third kappa shape index (κ3) is 4.55. The molecule has 11 heteroatoms. The summed E-state index contributed by atoms with van der Waals surface area (Å²) in [6.07, 6.45) is 0.0809. The number of methoxy groups -OCH3 is 1. The minimum absolute atomic E-state index is 0.0237. The van der Waals surface area contributed by atoms with Gasteiger partial charge in [0.15, 0.2) is 0 Å². The van der Waals surface area contributed by atoms with Gasteiger partial charge in [-0.15, -0.1) is 0 Å². The summed E-state index contributed by atoms with van der Waals surface area (Å²) in [6.45, 7) is 2.44. The molecule has 4 aliphatic rings. The van der Waals surface area contributed by atoms with Gasteiger partial charge >= 0.3 is 12.2 Å². The van der Waals surface area contributed by atoms with Crippen molar-refractivity contribution in [3.63, 3.8) is 0 Å². The number of pyridine rings is 1. The van der Waals surface area contributed by atoms with Gasteiger partial charge in [-0.1, -0.05) is 0 Å². The van der Waals surface area contributed by atoms with Gasteiger partial charge in [0.25, 0.3) is 0 Å². The fraction of sp³-hybridized carbons (Fsp3) is 0.720. The number of hydrogen-bond acceptors (Lipinski definition) is 5. The lowest BCUT2D eigenvalue weighted by Gasteiger charge is -2.37. The molecule has 3 aliphatic heterocycles. The van der Waals surface area contributed by atoms with Crippen molar-refractivity contribution in [2.75, 3.05) is 40.0 Å². The number of fused-ring (bicyclic) bond motifs is 2. The average molecular weight is 511 g/mol. The Labute approximate surface area is 208 Å². The van der Waals surface area contributed by atoms with Crippen LogP contribution in [0.25, 0.3) is 0 Å². The number of rotatable bonds is 4. The Morgan fingerprint density at radius 3 is 2.86 bits per heavy atom. The number of aromatic nitrogens is 1. The lowest BCUT2D eigenvalue weighted by molar-refractivity contribution is -0.144. The number of halogens is 3. The normalized spacial score (nSPS) is 32.3. The number of nitrogens with zero attached hydrogens (tertiary/aromatic N) is 3. The SMILES string of the molecule is COC1COCCC1C[C@@H]1C[C@H]2CN(C(N)=O)C[C@@]2(C(=O)N2CCc3ncc(C(F)(F)F)cc3C2)C1. The zero-order valence-electron chi connectivity index (χ0n) is 20.4. The quantitative estimate of drug-likeness (QED) is 0.672. The number of ether oxygens (including phenoxy) is 2. The van der Waals surface area contributed by atoms with Crippen LogP contribution in [0.3, 0.4) is 0 Å². The molecule has 1 saturated carbocycles. The highest BCUT2D eigenvalue weighted by Gasteiger charge is 2.59. The van der Waals surface area contributed by atoms with Crippen LogP contribution < -0.4 is 5.73 Å². The number of urea groups is 1. The molecule has 198 valence electrons. The standard InChI is InChI=1S/C25H33F3N4O4/c1-35-21-13-36-5-3-16(21)6-15-7-19-12-32(23(29)34)14-24(19,9-15)22(33)31-4-2-20-17(11-31)8-18(10-30-20)25(26,27)28/h8,10,15-16,19,21H,2-7,9,11-14H2,1H3,(H2,29,34)/t15-,16?,19+,21?,24+/m1/s1. The minimum Gasteiger partial charge on any atom is -0.379 e. The van der Waals surface area contributed by atoms with Crippen LogP contribution in [0, 0.1) is 23.2 Å². The number of likely N-dealkylation sites (tertiary alicyclic amines) is 1. The monoisotopic (exact) mass is 510 g/mol. The Morgan fingerprint density at radius 2 is 2.14 bits per heavy atom. The molecule has 5 atom stereocenters. The first-order valence-electron chi connectivity index (χ1n) is 12.6. The topological polar surface area (TPSA) is 98.0 Å². The largest absolute Gasteiger partial charge is 0.417 e. The van der Waals surface area contributed by atoms with E-state index in [4.69, 9.17) is 15.2 Å². The van der Waals surface area contributed by atoms with Crippen LogP contribution in [0.2, 0.25) is 0 Å². The number of nitrogens with two attached hydrogens (primary N) is 1. The maximum absolute atomic E-state index is 14.1. The molecule has 1 aromatic heterocycles. The highest BCUT2D eigenvalue weighted by atomic mass is 19.4. The third-order valence-corrected chi connectivity index (χ3v) is 8.74. The van der Waals surface area contributed by atoms with Crippen molar-refractivity contribution in [3.8, 4) is 0 Å². The summed E-state index contributed by atoms with van der Waals surface area (Å²) in [7, 11) is 1.69. The summed E-state index contributed by atoms with van der Waals surface area (Å²) in [5.74, 6) is 0.535. The number of amides is 3. The molecule has 3 amide bonds. The van der Waals surface area contributed by atoms with Crippen molar-refractivity contribution >= 4 is 11.9 Å². The molecule has 0 aromatic carbocycles. The number of hydrogen-bond donors (Lipinski definition) is 1. The van der Waals surface area contributed by atoms with E-state index in [-0.39, 0.29) is 31.0 Å². The zero-order valence-corrected chi connectivity index (χ0v) is 20.4. The van der Waals surface area contributed by atoms with Crippen molar-refractivity contribution in [3.05, 3.63) is 29.1 Å². The van der Waals surface area contributed by atoms with Gasteiger partial charge in [0.05, 0.1) is 23.7 Å². The molecule has 2 N–H and O–H groups in total. The van der Waals surface area contributed by atoms with Crippen LogP contribution in [0.4, 0.5) is 18.0 Å². The second-order valence-electron chi connectivity index (χ2n) is 10.8. The summed E-state index contributed by atoms with van der Waals surface area (Å²) in [6, 6.07) is 0.564. The molecule has 0 spiro atoms. The fourth-order valence-corrected chi connectivity index (χ4v) is 6.97. The van der Waals surface area contributed by atoms with Gasteiger partial charge in [-0.2, -0.15) is 13.2 Å². The summed E-state index contributed by atoms with van der Waals surface area (Å²) in [5.41, 5.74) is 5.05. The van der Waals surface area contributed by atoms with Gasteiger partial charge in [-0.05, 0) is 55.1 Å². The first kappa shape index (κ1) is 25.3. The zero-order chi connectivity index (χ0) is 25.7. The highest BCUT2D eigenvalue weighted by Crippen LogP contribution is 2.54. The Balaban J connectivity index is 1.36. The lowest BCUT2D eigenvalue weighted by atomic mass is 9.78. The summed E-state index contributed by atoms with van der Waals surface area (Å²) < 4.78 is 51.0. The van der Waals surface area contributed by atoms with Crippen LogP contribution in [0.5, 0.6) is 0 Å². The molecule has 2 saturated heterocycles. The van der Waals surface area contributed by atoms with Crippen LogP contribution in [0.15, 0.2) is 12.3 Å². The summed E-state index contributed by atoms with van der Waals surface area (Å²) in [5, 5.41) is 0. The smallest absolute Gasteiger partial charge is 0.379 e. The first-order chi connectivity index (χ1) is 17.1. The summed E-state index contributed by atoms with van der Waals surface area (Å²) >= 11 is 0. The molecule has 0 bridgehead atoms. The van der Waals surface area contributed by atoms with E-state index in [2.05, 4.69) is 4.98 Å². The van der Waals surface area contributed by atoms with Crippen LogP contribution in [0.1, 0.15) is 42.5 Å². The van der Waals surface area contributed by atoms with E-state index in [0.717, 1.165) is 31.5 Å². The van der Waals surface area contributed by atoms with E-state index in [9.17, 15) is 22.8 Å². The maximum atomic E-state index is 14.1. The van der Waals surface area contributed by atoms with Crippen LogP contribution in [-0.4, -0.2) is 72.8 Å². The fourth-order valence-electron chi connectivity index (χ4n) is 6.97. The van der Waals surface area contributed by atoms with E-state index in [1.807, 2.05) is 0 Å². The predicted molar refractivity (Wildman–Crippen MR) is 123 cm³/mol.